The summed E-state index contributed by atoms with van der Waals surface area (Å²) in [5.74, 6) is 2.20. The van der Waals surface area contributed by atoms with Crippen LogP contribution < -0.4 is 0 Å². The van der Waals surface area contributed by atoms with Crippen LogP contribution in [0, 0.1) is 5.41 Å². The SMILES string of the molecule is SCC1(CSc2nc3ccccc3s2)CC1. The smallest absolute Gasteiger partial charge is 0.151 e. The van der Waals surface area contributed by atoms with E-state index in [4.69, 9.17) is 0 Å². The Morgan fingerprint density at radius 3 is 2.88 bits per heavy atom. The van der Waals surface area contributed by atoms with E-state index in [0.717, 1.165) is 11.3 Å². The molecule has 1 nitrogen and oxygen atoms in total. The normalized spacial score (nSPS) is 17.8. The van der Waals surface area contributed by atoms with Crippen LogP contribution in [0.15, 0.2) is 28.6 Å². The third-order valence-corrected chi connectivity index (χ3v) is 6.27. The van der Waals surface area contributed by atoms with Crippen molar-refractivity contribution in [1.29, 1.82) is 0 Å². The number of hydrogen-bond donors (Lipinski definition) is 1. The zero-order chi connectivity index (χ0) is 11.0. The predicted molar refractivity (Wildman–Crippen MR) is 75.9 cm³/mol. The summed E-state index contributed by atoms with van der Waals surface area (Å²) >= 11 is 8.13. The molecule has 1 fully saturated rings. The van der Waals surface area contributed by atoms with Crippen LogP contribution in [-0.4, -0.2) is 16.5 Å². The average Bonchev–Trinajstić information content (AvgIpc) is 2.98. The highest BCUT2D eigenvalue weighted by atomic mass is 32.2. The minimum absolute atomic E-state index is 0.519. The lowest BCUT2D eigenvalue weighted by molar-refractivity contribution is 0.683. The highest BCUT2D eigenvalue weighted by Gasteiger charge is 2.41. The first-order chi connectivity index (χ1) is 7.81. The second-order valence-electron chi connectivity index (χ2n) is 4.39. The number of hydrogen-bond acceptors (Lipinski definition) is 4. The molecule has 16 heavy (non-hydrogen) atoms. The van der Waals surface area contributed by atoms with Gasteiger partial charge in [-0.2, -0.15) is 12.6 Å². The number of benzene rings is 1. The molecule has 4 heteroatoms. The van der Waals surface area contributed by atoms with Gasteiger partial charge in [0.2, 0.25) is 0 Å². The van der Waals surface area contributed by atoms with Crippen LogP contribution in [0.3, 0.4) is 0 Å². The summed E-state index contributed by atoms with van der Waals surface area (Å²) in [6.07, 6.45) is 2.68. The molecule has 1 aromatic carbocycles. The first-order valence-corrected chi connectivity index (χ1v) is 7.84. The Bertz CT molecular complexity index is 469. The molecule has 0 N–H and O–H groups in total. The molecule has 0 unspecified atom stereocenters. The number of aromatic nitrogens is 1. The van der Waals surface area contributed by atoms with Gasteiger partial charge in [0, 0.05) is 5.75 Å². The molecule has 1 saturated carbocycles. The third kappa shape index (κ3) is 2.11. The lowest BCUT2D eigenvalue weighted by Crippen LogP contribution is -2.05. The van der Waals surface area contributed by atoms with Gasteiger partial charge in [-0.15, -0.1) is 11.3 Å². The second-order valence-corrected chi connectivity index (χ2v) is 6.96. The van der Waals surface area contributed by atoms with Crippen molar-refractivity contribution in [1.82, 2.24) is 4.98 Å². The number of para-hydroxylation sites is 1. The van der Waals surface area contributed by atoms with Crippen molar-refractivity contribution in [3.8, 4) is 0 Å². The summed E-state index contributed by atoms with van der Waals surface area (Å²) in [6.45, 7) is 0. The quantitative estimate of drug-likeness (QED) is 0.661. The fourth-order valence-corrected chi connectivity index (χ4v) is 4.59. The van der Waals surface area contributed by atoms with Crippen LogP contribution in [0.1, 0.15) is 12.8 Å². The van der Waals surface area contributed by atoms with Gasteiger partial charge in [-0.3, -0.25) is 0 Å². The van der Waals surface area contributed by atoms with E-state index in [0.29, 0.717) is 5.41 Å². The van der Waals surface area contributed by atoms with Gasteiger partial charge in [-0.25, -0.2) is 4.98 Å². The molecule has 0 aliphatic heterocycles. The average molecular weight is 267 g/mol. The summed E-state index contributed by atoms with van der Waals surface area (Å²) in [6, 6.07) is 8.35. The molecular weight excluding hydrogens is 254 g/mol. The van der Waals surface area contributed by atoms with E-state index in [9.17, 15) is 0 Å². The zero-order valence-electron chi connectivity index (χ0n) is 8.85. The van der Waals surface area contributed by atoms with Crippen LogP contribution in [0.2, 0.25) is 0 Å². The van der Waals surface area contributed by atoms with Crippen LogP contribution in [-0.2, 0) is 0 Å². The van der Waals surface area contributed by atoms with Crippen molar-refractivity contribution < 1.29 is 0 Å². The predicted octanol–water partition coefficient (Wildman–Crippen LogP) is 4.10. The van der Waals surface area contributed by atoms with Crippen LogP contribution in [0.25, 0.3) is 10.2 Å². The molecular formula is C12H13NS3. The molecule has 0 saturated heterocycles. The van der Waals surface area contributed by atoms with E-state index in [2.05, 4.69) is 35.8 Å². The highest BCUT2D eigenvalue weighted by Crippen LogP contribution is 2.50. The van der Waals surface area contributed by atoms with Crippen LogP contribution in [0.4, 0.5) is 0 Å². The Morgan fingerprint density at radius 1 is 1.38 bits per heavy atom. The first kappa shape index (κ1) is 10.9. The zero-order valence-corrected chi connectivity index (χ0v) is 11.4. The van der Waals surface area contributed by atoms with Gasteiger partial charge in [0.25, 0.3) is 0 Å². The maximum absolute atomic E-state index is 4.63. The maximum Gasteiger partial charge on any atom is 0.151 e. The van der Waals surface area contributed by atoms with Gasteiger partial charge in [-0.05, 0) is 36.1 Å². The van der Waals surface area contributed by atoms with Gasteiger partial charge in [-0.1, -0.05) is 23.9 Å². The molecule has 3 rings (SSSR count). The standard InChI is InChI=1S/C12H13NS3/c14-7-12(5-6-12)8-15-11-13-9-3-1-2-4-10(9)16-11/h1-4,14H,5-8H2. The van der Waals surface area contributed by atoms with Crippen molar-refractivity contribution in [2.24, 2.45) is 5.41 Å². The molecule has 1 aromatic heterocycles. The summed E-state index contributed by atoms with van der Waals surface area (Å²) in [4.78, 5) is 4.63. The highest BCUT2D eigenvalue weighted by molar-refractivity contribution is 8.01. The topological polar surface area (TPSA) is 12.9 Å². The van der Waals surface area contributed by atoms with Gasteiger partial charge in [0.05, 0.1) is 10.2 Å². The van der Waals surface area contributed by atoms with E-state index in [-0.39, 0.29) is 0 Å². The molecule has 1 aliphatic carbocycles. The Hall–Kier alpha value is -0.190. The first-order valence-electron chi connectivity index (χ1n) is 5.41. The van der Waals surface area contributed by atoms with Crippen LogP contribution in [0.5, 0.6) is 0 Å². The lowest BCUT2D eigenvalue weighted by Gasteiger charge is -2.08. The fourth-order valence-electron chi connectivity index (χ4n) is 1.65. The molecule has 0 amide bonds. The monoisotopic (exact) mass is 267 g/mol. The Morgan fingerprint density at radius 2 is 2.19 bits per heavy atom. The van der Waals surface area contributed by atoms with Gasteiger partial charge < -0.3 is 0 Å². The number of nitrogens with zero attached hydrogens (tertiary/aromatic N) is 1. The number of thioether (sulfide) groups is 1. The number of thiazole rings is 1. The Balaban J connectivity index is 1.74. The van der Waals surface area contributed by atoms with Crippen molar-refractivity contribution in [3.63, 3.8) is 0 Å². The fraction of sp³-hybridized carbons (Fsp3) is 0.417. The third-order valence-electron chi connectivity index (χ3n) is 3.07. The summed E-state index contributed by atoms with van der Waals surface area (Å²) < 4.78 is 2.50. The molecule has 1 heterocycles. The van der Waals surface area contributed by atoms with Gasteiger partial charge in [0.15, 0.2) is 4.34 Å². The lowest BCUT2D eigenvalue weighted by atomic mass is 10.2. The molecule has 0 radical (unpaired) electrons. The molecule has 84 valence electrons. The minimum Gasteiger partial charge on any atom is -0.230 e. The van der Waals surface area contributed by atoms with Crippen molar-refractivity contribution in [3.05, 3.63) is 24.3 Å². The van der Waals surface area contributed by atoms with Crippen molar-refractivity contribution in [2.75, 3.05) is 11.5 Å². The molecule has 1 aliphatic rings. The van der Waals surface area contributed by atoms with E-state index in [1.807, 2.05) is 17.8 Å². The summed E-state index contributed by atoms with van der Waals surface area (Å²) in [5, 5.41) is 0. The maximum atomic E-state index is 4.63. The summed E-state index contributed by atoms with van der Waals surface area (Å²) in [7, 11) is 0. The van der Waals surface area contributed by atoms with E-state index >= 15 is 0 Å². The largest absolute Gasteiger partial charge is 0.230 e. The van der Waals surface area contributed by atoms with Gasteiger partial charge in [0.1, 0.15) is 0 Å². The molecule has 0 bridgehead atoms. The molecule has 0 atom stereocenters. The van der Waals surface area contributed by atoms with E-state index in [1.165, 1.54) is 27.6 Å². The van der Waals surface area contributed by atoms with Crippen molar-refractivity contribution in [2.45, 2.75) is 17.2 Å². The second kappa shape index (κ2) is 4.24. The number of rotatable bonds is 4. The number of thiol groups is 1. The molecule has 2 aromatic rings. The number of fused-ring (bicyclic) bond motifs is 1. The van der Waals surface area contributed by atoms with Gasteiger partial charge >= 0.3 is 0 Å². The Kier molecular flexibility index (Phi) is 2.90. The van der Waals surface area contributed by atoms with Crippen LogP contribution >= 0.6 is 35.7 Å². The van der Waals surface area contributed by atoms with Crippen molar-refractivity contribution >= 4 is 45.9 Å². The van der Waals surface area contributed by atoms with E-state index in [1.54, 1.807) is 11.3 Å². The Labute approximate surface area is 109 Å². The molecule has 0 spiro atoms. The minimum atomic E-state index is 0.519. The van der Waals surface area contributed by atoms with E-state index < -0.39 is 0 Å². The summed E-state index contributed by atoms with van der Waals surface area (Å²) in [5.41, 5.74) is 1.65.